The van der Waals surface area contributed by atoms with Crippen LogP contribution in [0.3, 0.4) is 0 Å². The largest absolute Gasteiger partial charge is 0.381 e. The molecule has 6 heteroatoms. The summed E-state index contributed by atoms with van der Waals surface area (Å²) < 4.78 is 8.90. The fourth-order valence-corrected chi connectivity index (χ4v) is 1.97. The molecule has 2 heterocycles. The minimum Gasteiger partial charge on any atom is -0.381 e. The van der Waals surface area contributed by atoms with Crippen molar-refractivity contribution in [1.29, 1.82) is 0 Å². The van der Waals surface area contributed by atoms with Crippen molar-refractivity contribution in [1.82, 2.24) is 14.9 Å². The van der Waals surface area contributed by atoms with Crippen LogP contribution in [0, 0.1) is 5.92 Å². The minimum absolute atomic E-state index is 0.0727. The highest BCUT2D eigenvalue weighted by Gasteiger charge is 2.15. The molecule has 2 rings (SSSR count). The molecule has 1 aliphatic rings. The highest BCUT2D eigenvalue weighted by molar-refractivity contribution is 7.07. The SMILES string of the molecule is O=C(NCC1CCOCC1)c1cnns1. The molecule has 0 bridgehead atoms. The van der Waals surface area contributed by atoms with Crippen LogP contribution < -0.4 is 5.32 Å². The first-order chi connectivity index (χ1) is 7.36. The third-order valence-electron chi connectivity index (χ3n) is 2.48. The molecule has 1 N–H and O–H groups in total. The predicted octanol–water partition coefficient (Wildman–Crippen LogP) is 0.695. The van der Waals surface area contributed by atoms with E-state index in [1.165, 1.54) is 6.20 Å². The molecule has 0 unspecified atom stereocenters. The number of carbonyl (C=O) groups excluding carboxylic acids is 1. The Kier molecular flexibility index (Phi) is 3.63. The van der Waals surface area contributed by atoms with Crippen LogP contribution >= 0.6 is 11.5 Å². The molecule has 1 saturated heterocycles. The van der Waals surface area contributed by atoms with Crippen LogP contribution in [0.4, 0.5) is 0 Å². The number of aromatic nitrogens is 2. The molecule has 0 aliphatic carbocycles. The minimum atomic E-state index is -0.0727. The van der Waals surface area contributed by atoms with E-state index in [2.05, 4.69) is 14.9 Å². The standard InChI is InChI=1S/C9H13N3O2S/c13-9(8-6-11-12-15-8)10-5-7-1-3-14-4-2-7/h6-7H,1-5H2,(H,10,13). The number of ether oxygens (including phenoxy) is 1. The van der Waals surface area contributed by atoms with Crippen LogP contribution in [0.25, 0.3) is 0 Å². The van der Waals surface area contributed by atoms with Gasteiger partial charge in [-0.3, -0.25) is 4.79 Å². The molecule has 1 aromatic rings. The predicted molar refractivity (Wildman–Crippen MR) is 55.8 cm³/mol. The van der Waals surface area contributed by atoms with Gasteiger partial charge in [0.15, 0.2) is 0 Å². The lowest BCUT2D eigenvalue weighted by Gasteiger charge is -2.21. The average Bonchev–Trinajstić information content (AvgIpc) is 2.81. The van der Waals surface area contributed by atoms with Crippen LogP contribution in [0.2, 0.25) is 0 Å². The van der Waals surface area contributed by atoms with E-state index in [9.17, 15) is 4.79 Å². The summed E-state index contributed by atoms with van der Waals surface area (Å²) in [5, 5.41) is 6.52. The van der Waals surface area contributed by atoms with Gasteiger partial charge in [0.2, 0.25) is 0 Å². The first kappa shape index (κ1) is 10.5. The summed E-state index contributed by atoms with van der Waals surface area (Å²) in [4.78, 5) is 12.1. The van der Waals surface area contributed by atoms with Gasteiger partial charge in [-0.2, -0.15) is 0 Å². The zero-order valence-electron chi connectivity index (χ0n) is 8.31. The second-order valence-electron chi connectivity index (χ2n) is 3.55. The van der Waals surface area contributed by atoms with E-state index in [4.69, 9.17) is 4.74 Å². The van der Waals surface area contributed by atoms with Crippen molar-refractivity contribution in [3.63, 3.8) is 0 Å². The number of rotatable bonds is 3. The third-order valence-corrected chi connectivity index (χ3v) is 3.14. The summed E-state index contributed by atoms with van der Waals surface area (Å²) in [6, 6.07) is 0. The Balaban J connectivity index is 1.75. The maximum atomic E-state index is 11.5. The molecule has 15 heavy (non-hydrogen) atoms. The summed E-state index contributed by atoms with van der Waals surface area (Å²) >= 11 is 1.12. The lowest BCUT2D eigenvalue weighted by molar-refractivity contribution is 0.0643. The van der Waals surface area contributed by atoms with Gasteiger partial charge in [-0.05, 0) is 30.3 Å². The maximum Gasteiger partial charge on any atom is 0.264 e. The molecule has 1 amide bonds. The first-order valence-electron chi connectivity index (χ1n) is 4.99. The molecule has 0 radical (unpaired) electrons. The van der Waals surface area contributed by atoms with Crippen molar-refractivity contribution < 1.29 is 9.53 Å². The van der Waals surface area contributed by atoms with Crippen LogP contribution in [-0.2, 0) is 4.74 Å². The number of amides is 1. The molecule has 1 aromatic heterocycles. The quantitative estimate of drug-likeness (QED) is 0.825. The molecule has 0 saturated carbocycles. The lowest BCUT2D eigenvalue weighted by atomic mass is 10.0. The molecule has 5 nitrogen and oxygen atoms in total. The van der Waals surface area contributed by atoms with E-state index in [1.54, 1.807) is 0 Å². The van der Waals surface area contributed by atoms with Crippen molar-refractivity contribution >= 4 is 17.4 Å². The van der Waals surface area contributed by atoms with Crippen molar-refractivity contribution in [2.45, 2.75) is 12.8 Å². The monoisotopic (exact) mass is 227 g/mol. The average molecular weight is 227 g/mol. The van der Waals surface area contributed by atoms with Gasteiger partial charge >= 0.3 is 0 Å². The molecule has 0 spiro atoms. The van der Waals surface area contributed by atoms with Crippen molar-refractivity contribution in [2.24, 2.45) is 5.92 Å². The number of nitrogens with zero attached hydrogens (tertiary/aromatic N) is 2. The number of hydrogen-bond donors (Lipinski definition) is 1. The van der Waals surface area contributed by atoms with Gasteiger partial charge in [0.1, 0.15) is 4.88 Å². The third kappa shape index (κ3) is 2.97. The van der Waals surface area contributed by atoms with Crippen LogP contribution in [0.1, 0.15) is 22.5 Å². The summed E-state index contributed by atoms with van der Waals surface area (Å²) in [6.45, 7) is 2.34. The number of hydrogen-bond acceptors (Lipinski definition) is 5. The maximum absolute atomic E-state index is 11.5. The van der Waals surface area contributed by atoms with Crippen molar-refractivity contribution in [3.8, 4) is 0 Å². The summed E-state index contributed by atoms with van der Waals surface area (Å²) in [5.74, 6) is 0.472. The Morgan fingerprint density at radius 3 is 3.07 bits per heavy atom. The van der Waals surface area contributed by atoms with Gasteiger partial charge in [-0.1, -0.05) is 4.49 Å². The Bertz CT molecular complexity index is 309. The van der Waals surface area contributed by atoms with Gasteiger partial charge in [0, 0.05) is 19.8 Å². The highest BCUT2D eigenvalue weighted by atomic mass is 32.1. The number of nitrogens with one attached hydrogen (secondary N) is 1. The van der Waals surface area contributed by atoms with E-state index in [0.29, 0.717) is 10.8 Å². The zero-order chi connectivity index (χ0) is 10.5. The lowest BCUT2D eigenvalue weighted by Crippen LogP contribution is -2.31. The van der Waals surface area contributed by atoms with Crippen LogP contribution in [0.5, 0.6) is 0 Å². The first-order valence-corrected chi connectivity index (χ1v) is 5.77. The van der Waals surface area contributed by atoms with Gasteiger partial charge in [0.25, 0.3) is 5.91 Å². The molecule has 82 valence electrons. The van der Waals surface area contributed by atoms with Gasteiger partial charge < -0.3 is 10.1 Å². The molecule has 0 aromatic carbocycles. The van der Waals surface area contributed by atoms with Gasteiger partial charge in [-0.15, -0.1) is 5.10 Å². The molecular formula is C9H13N3O2S. The smallest absolute Gasteiger partial charge is 0.264 e. The normalized spacial score (nSPS) is 17.6. The van der Waals surface area contributed by atoms with Crippen LogP contribution in [0.15, 0.2) is 6.20 Å². The molecule has 1 aliphatic heterocycles. The van der Waals surface area contributed by atoms with E-state index >= 15 is 0 Å². The molecular weight excluding hydrogens is 214 g/mol. The molecule has 1 fully saturated rings. The van der Waals surface area contributed by atoms with Crippen molar-refractivity contribution in [3.05, 3.63) is 11.1 Å². The van der Waals surface area contributed by atoms with E-state index in [-0.39, 0.29) is 5.91 Å². The zero-order valence-corrected chi connectivity index (χ0v) is 9.13. The topological polar surface area (TPSA) is 64.1 Å². The van der Waals surface area contributed by atoms with Crippen LogP contribution in [-0.4, -0.2) is 35.3 Å². The summed E-state index contributed by atoms with van der Waals surface area (Å²) in [6.07, 6.45) is 3.55. The summed E-state index contributed by atoms with van der Waals surface area (Å²) in [7, 11) is 0. The Labute approximate surface area is 92.0 Å². The summed E-state index contributed by atoms with van der Waals surface area (Å²) in [5.41, 5.74) is 0. The Hall–Kier alpha value is -1.01. The molecule has 0 atom stereocenters. The fourth-order valence-electron chi connectivity index (χ4n) is 1.54. The van der Waals surface area contributed by atoms with Gasteiger partial charge in [-0.25, -0.2) is 0 Å². The second-order valence-corrected chi connectivity index (χ2v) is 4.33. The van der Waals surface area contributed by atoms with E-state index < -0.39 is 0 Å². The fraction of sp³-hybridized carbons (Fsp3) is 0.667. The Morgan fingerprint density at radius 2 is 2.40 bits per heavy atom. The van der Waals surface area contributed by atoms with E-state index in [1.807, 2.05) is 0 Å². The number of carbonyl (C=O) groups is 1. The second kappa shape index (κ2) is 5.18. The Morgan fingerprint density at radius 1 is 1.60 bits per heavy atom. The highest BCUT2D eigenvalue weighted by Crippen LogP contribution is 2.13. The van der Waals surface area contributed by atoms with E-state index in [0.717, 1.165) is 44.1 Å². The van der Waals surface area contributed by atoms with Gasteiger partial charge in [0.05, 0.1) is 6.20 Å². The van der Waals surface area contributed by atoms with Crippen molar-refractivity contribution in [2.75, 3.05) is 19.8 Å².